The molecule has 0 aliphatic rings. The first-order chi connectivity index (χ1) is 14.9. The van der Waals surface area contributed by atoms with E-state index in [1.165, 1.54) is 6.07 Å². The Bertz CT molecular complexity index is 1140. The molecule has 1 heterocycles. The lowest BCUT2D eigenvalue weighted by molar-refractivity contribution is 0.0963. The van der Waals surface area contributed by atoms with E-state index >= 15 is 0 Å². The highest BCUT2D eigenvalue weighted by Crippen LogP contribution is 2.23. The van der Waals surface area contributed by atoms with Gasteiger partial charge in [0.15, 0.2) is 0 Å². The van der Waals surface area contributed by atoms with Crippen LogP contribution in [0.15, 0.2) is 57.7 Å². The van der Waals surface area contributed by atoms with E-state index in [9.17, 15) is 14.4 Å². The minimum absolute atomic E-state index is 0.126. The third-order valence-electron chi connectivity index (χ3n) is 4.69. The van der Waals surface area contributed by atoms with Crippen LogP contribution in [0, 0.1) is 0 Å². The van der Waals surface area contributed by atoms with Gasteiger partial charge in [0, 0.05) is 48.9 Å². The van der Waals surface area contributed by atoms with E-state index in [-0.39, 0.29) is 12.5 Å². The van der Waals surface area contributed by atoms with Crippen LogP contribution in [0.25, 0.3) is 11.0 Å². The maximum absolute atomic E-state index is 12.1. The molecule has 31 heavy (non-hydrogen) atoms. The molecule has 0 aliphatic heterocycles. The molecule has 162 valence electrons. The van der Waals surface area contributed by atoms with Crippen LogP contribution in [0.5, 0.6) is 0 Å². The lowest BCUT2D eigenvalue weighted by Gasteiger charge is -2.18. The second-order valence-corrected chi connectivity index (χ2v) is 7.10. The van der Waals surface area contributed by atoms with Gasteiger partial charge in [-0.05, 0) is 49.4 Å². The summed E-state index contributed by atoms with van der Waals surface area (Å²) in [5.41, 5.74) is 2.88. The number of amides is 2. The predicted octanol–water partition coefficient (Wildman–Crippen LogP) is 3.35. The molecule has 0 aliphatic carbocycles. The number of rotatable bonds is 7. The van der Waals surface area contributed by atoms with E-state index in [1.807, 2.05) is 19.2 Å². The van der Waals surface area contributed by atoms with Crippen molar-refractivity contribution in [3.05, 3.63) is 75.6 Å². The molecule has 0 saturated heterocycles. The molecule has 1 aromatic heterocycles. The topological polar surface area (TPSA) is 101 Å². The second kappa shape index (κ2) is 9.90. The number of nitrogens with one attached hydrogen (secondary N) is 2. The molecule has 0 bridgehead atoms. The molecule has 2 amide bonds. The molecule has 8 nitrogen and oxygen atoms in total. The van der Waals surface area contributed by atoms with Crippen LogP contribution in [-0.4, -0.2) is 37.6 Å². The van der Waals surface area contributed by atoms with Crippen LogP contribution in [-0.2, 0) is 17.8 Å². The number of carbonyl (C=O) groups is 2. The van der Waals surface area contributed by atoms with E-state index in [0.29, 0.717) is 29.9 Å². The zero-order valence-corrected chi connectivity index (χ0v) is 17.7. The van der Waals surface area contributed by atoms with Crippen LogP contribution < -0.4 is 16.3 Å². The number of hydrogen-bond donors (Lipinski definition) is 2. The number of nitrogens with zero attached hydrogens (tertiary/aromatic N) is 1. The van der Waals surface area contributed by atoms with Crippen molar-refractivity contribution in [1.29, 1.82) is 0 Å². The molecule has 0 radical (unpaired) electrons. The monoisotopic (exact) mass is 423 g/mol. The van der Waals surface area contributed by atoms with Gasteiger partial charge in [0.2, 0.25) is 0 Å². The lowest BCUT2D eigenvalue weighted by Crippen LogP contribution is -2.19. The maximum atomic E-state index is 12.1. The van der Waals surface area contributed by atoms with Crippen LogP contribution >= 0.6 is 0 Å². The largest absolute Gasteiger partial charge is 0.450 e. The number of anilines is 1. The van der Waals surface area contributed by atoms with Crippen molar-refractivity contribution in [3.8, 4) is 0 Å². The number of hydrogen-bond acceptors (Lipinski definition) is 6. The number of fused-ring (bicyclic) bond motifs is 1. The average Bonchev–Trinajstić information content (AvgIpc) is 2.73. The van der Waals surface area contributed by atoms with E-state index in [4.69, 9.17) is 9.15 Å². The van der Waals surface area contributed by atoms with Crippen molar-refractivity contribution in [3.63, 3.8) is 0 Å². The van der Waals surface area contributed by atoms with Gasteiger partial charge in [-0.3, -0.25) is 15.0 Å². The number of benzene rings is 2. The Balaban J connectivity index is 1.76. The lowest BCUT2D eigenvalue weighted by atomic mass is 10.1. The molecule has 0 fully saturated rings. The molecule has 3 rings (SSSR count). The highest BCUT2D eigenvalue weighted by molar-refractivity contribution is 5.94. The Labute approximate surface area is 179 Å². The standard InChI is InChI=1S/C23H25N3O5/c1-4-30-23(29)25-18-9-10-19-17(11-21(27)31-20(19)12-18)14-26(3)13-15-5-7-16(8-6-15)22(28)24-2/h5-12H,4,13-14H2,1-3H3,(H,24,28)(H,25,29). The summed E-state index contributed by atoms with van der Waals surface area (Å²) in [6.07, 6.45) is -0.567. The molecular weight excluding hydrogens is 398 g/mol. The van der Waals surface area contributed by atoms with Crippen LogP contribution in [0.4, 0.5) is 10.5 Å². The summed E-state index contributed by atoms with van der Waals surface area (Å²) in [6, 6.07) is 14.0. The first kappa shape index (κ1) is 22.0. The number of ether oxygens (including phenoxy) is 1. The fourth-order valence-corrected chi connectivity index (χ4v) is 3.29. The first-order valence-corrected chi connectivity index (χ1v) is 9.89. The maximum Gasteiger partial charge on any atom is 0.411 e. The SMILES string of the molecule is CCOC(=O)Nc1ccc2c(CN(C)Cc3ccc(C(=O)NC)cc3)cc(=O)oc2c1. The summed E-state index contributed by atoms with van der Waals surface area (Å²) in [6.45, 7) is 3.14. The highest BCUT2D eigenvalue weighted by Gasteiger charge is 2.11. The van der Waals surface area contributed by atoms with E-state index in [0.717, 1.165) is 16.5 Å². The van der Waals surface area contributed by atoms with Crippen LogP contribution in [0.3, 0.4) is 0 Å². The average molecular weight is 423 g/mol. The van der Waals surface area contributed by atoms with Gasteiger partial charge >= 0.3 is 11.7 Å². The molecule has 2 aromatic carbocycles. The molecule has 3 aromatic rings. The predicted molar refractivity (Wildman–Crippen MR) is 118 cm³/mol. The van der Waals surface area contributed by atoms with Crippen molar-refractivity contribution in [2.45, 2.75) is 20.0 Å². The van der Waals surface area contributed by atoms with E-state index in [2.05, 4.69) is 15.5 Å². The van der Waals surface area contributed by atoms with Gasteiger partial charge in [-0.1, -0.05) is 12.1 Å². The van der Waals surface area contributed by atoms with Gasteiger partial charge in [-0.2, -0.15) is 0 Å². The van der Waals surface area contributed by atoms with Gasteiger partial charge in [0.25, 0.3) is 5.91 Å². The van der Waals surface area contributed by atoms with Crippen LogP contribution in [0.1, 0.15) is 28.4 Å². The molecule has 0 spiro atoms. The summed E-state index contributed by atoms with van der Waals surface area (Å²) < 4.78 is 10.2. The Kier molecular flexibility index (Phi) is 7.04. The zero-order chi connectivity index (χ0) is 22.4. The summed E-state index contributed by atoms with van der Waals surface area (Å²) in [4.78, 5) is 37.4. The summed E-state index contributed by atoms with van der Waals surface area (Å²) in [7, 11) is 3.55. The Morgan fingerprint density at radius 1 is 1.06 bits per heavy atom. The van der Waals surface area contributed by atoms with Gasteiger partial charge in [0.05, 0.1) is 6.61 Å². The molecule has 8 heteroatoms. The normalized spacial score (nSPS) is 10.8. The molecule has 0 atom stereocenters. The van der Waals surface area contributed by atoms with Gasteiger partial charge < -0.3 is 14.5 Å². The van der Waals surface area contributed by atoms with Crippen molar-refractivity contribution in [2.24, 2.45) is 0 Å². The summed E-state index contributed by atoms with van der Waals surface area (Å²) in [5, 5.41) is 5.99. The fourth-order valence-electron chi connectivity index (χ4n) is 3.29. The first-order valence-electron chi connectivity index (χ1n) is 9.89. The molecule has 0 unspecified atom stereocenters. The van der Waals surface area contributed by atoms with Gasteiger partial charge in [-0.15, -0.1) is 0 Å². The Hall–Kier alpha value is -3.65. The second-order valence-electron chi connectivity index (χ2n) is 7.10. The zero-order valence-electron chi connectivity index (χ0n) is 17.7. The quantitative estimate of drug-likeness (QED) is 0.565. The van der Waals surface area contributed by atoms with Crippen LogP contribution in [0.2, 0.25) is 0 Å². The van der Waals surface area contributed by atoms with Crippen molar-refractivity contribution >= 4 is 28.7 Å². The van der Waals surface area contributed by atoms with E-state index in [1.54, 1.807) is 44.3 Å². The molecular formula is C23H25N3O5. The van der Waals surface area contributed by atoms with Crippen molar-refractivity contribution in [2.75, 3.05) is 26.0 Å². The third kappa shape index (κ3) is 5.70. The third-order valence-corrected chi connectivity index (χ3v) is 4.69. The Morgan fingerprint density at radius 3 is 2.48 bits per heavy atom. The smallest absolute Gasteiger partial charge is 0.411 e. The Morgan fingerprint density at radius 2 is 1.81 bits per heavy atom. The van der Waals surface area contributed by atoms with Gasteiger partial charge in [0.1, 0.15) is 5.58 Å². The fraction of sp³-hybridized carbons (Fsp3) is 0.261. The summed E-state index contributed by atoms with van der Waals surface area (Å²) >= 11 is 0. The molecule has 2 N–H and O–H groups in total. The van der Waals surface area contributed by atoms with Crippen molar-refractivity contribution in [1.82, 2.24) is 10.2 Å². The minimum atomic E-state index is -0.567. The highest BCUT2D eigenvalue weighted by atomic mass is 16.5. The van der Waals surface area contributed by atoms with Crippen molar-refractivity contribution < 1.29 is 18.7 Å². The van der Waals surface area contributed by atoms with E-state index < -0.39 is 11.7 Å². The molecule has 0 saturated carbocycles. The summed E-state index contributed by atoms with van der Waals surface area (Å²) in [5.74, 6) is -0.126. The number of carbonyl (C=O) groups excluding carboxylic acids is 2. The minimum Gasteiger partial charge on any atom is -0.450 e. The van der Waals surface area contributed by atoms with Gasteiger partial charge in [-0.25, -0.2) is 9.59 Å².